The molecule has 0 aliphatic rings. The molecule has 3 aromatic carbocycles. The van der Waals surface area contributed by atoms with Crippen LogP contribution in [-0.2, 0) is 6.54 Å². The highest BCUT2D eigenvalue weighted by Gasteiger charge is 2.17. The van der Waals surface area contributed by atoms with Crippen molar-refractivity contribution in [1.29, 1.82) is 0 Å². The zero-order valence-electron chi connectivity index (χ0n) is 18.3. The fraction of sp³-hybridized carbons (Fsp3) is 0.231. The first-order valence-electron chi connectivity index (χ1n) is 10.3. The van der Waals surface area contributed by atoms with Gasteiger partial charge in [0.15, 0.2) is 11.5 Å². The average molecular weight is 415 g/mol. The highest BCUT2D eigenvalue weighted by atomic mass is 16.5. The van der Waals surface area contributed by atoms with Gasteiger partial charge in [-0.05, 0) is 23.1 Å². The van der Waals surface area contributed by atoms with Crippen molar-refractivity contribution in [3.63, 3.8) is 0 Å². The largest absolute Gasteiger partial charge is 0.493 e. The van der Waals surface area contributed by atoms with Gasteiger partial charge in [-0.1, -0.05) is 68.4 Å². The van der Waals surface area contributed by atoms with Crippen LogP contribution in [0.25, 0.3) is 22.2 Å². The number of aromatic nitrogens is 2. The quantitative estimate of drug-likeness (QED) is 0.432. The molecule has 1 heterocycles. The molecule has 0 radical (unpaired) electrons. The van der Waals surface area contributed by atoms with Gasteiger partial charge >= 0.3 is 5.69 Å². The van der Waals surface area contributed by atoms with Gasteiger partial charge < -0.3 is 9.47 Å². The van der Waals surface area contributed by atoms with Crippen LogP contribution in [0.5, 0.6) is 11.5 Å². The standard InChI is InChI=1S/C26H26N2O3/c1-17(2)19-10-12-20(13-11-19)25-21-14-23(30-3)24(31-4)15-22(21)28(26(29)27-25)16-18-8-6-5-7-9-18/h5-15,17H,16H2,1-4H3. The van der Waals surface area contributed by atoms with E-state index >= 15 is 0 Å². The predicted octanol–water partition coefficient (Wildman–Crippen LogP) is 5.25. The Labute approximate surface area is 181 Å². The Hall–Kier alpha value is -3.60. The first kappa shape index (κ1) is 20.7. The minimum atomic E-state index is -0.300. The van der Waals surface area contributed by atoms with Crippen LogP contribution in [-0.4, -0.2) is 23.8 Å². The molecule has 0 aliphatic heterocycles. The van der Waals surface area contributed by atoms with Gasteiger partial charge in [-0.3, -0.25) is 4.57 Å². The topological polar surface area (TPSA) is 53.3 Å². The number of rotatable bonds is 6. The van der Waals surface area contributed by atoms with Gasteiger partial charge in [-0.25, -0.2) is 4.79 Å². The average Bonchev–Trinajstić information content (AvgIpc) is 2.80. The van der Waals surface area contributed by atoms with Gasteiger partial charge in [-0.15, -0.1) is 0 Å². The van der Waals surface area contributed by atoms with Crippen LogP contribution in [0.3, 0.4) is 0 Å². The summed E-state index contributed by atoms with van der Waals surface area (Å²) >= 11 is 0. The number of ether oxygens (including phenoxy) is 2. The van der Waals surface area contributed by atoms with Crippen molar-refractivity contribution in [2.24, 2.45) is 0 Å². The minimum absolute atomic E-state index is 0.300. The molecule has 0 saturated carbocycles. The van der Waals surface area contributed by atoms with Gasteiger partial charge in [0.2, 0.25) is 0 Å². The molecule has 0 unspecified atom stereocenters. The van der Waals surface area contributed by atoms with E-state index in [2.05, 4.69) is 31.0 Å². The highest BCUT2D eigenvalue weighted by molar-refractivity contribution is 5.94. The number of methoxy groups -OCH3 is 2. The van der Waals surface area contributed by atoms with Gasteiger partial charge in [-0.2, -0.15) is 4.98 Å². The first-order valence-corrected chi connectivity index (χ1v) is 10.3. The van der Waals surface area contributed by atoms with Gasteiger partial charge in [0.25, 0.3) is 0 Å². The number of hydrogen-bond acceptors (Lipinski definition) is 4. The summed E-state index contributed by atoms with van der Waals surface area (Å²) in [6, 6.07) is 21.8. The number of fused-ring (bicyclic) bond motifs is 1. The lowest BCUT2D eigenvalue weighted by molar-refractivity contribution is 0.355. The molecule has 0 amide bonds. The minimum Gasteiger partial charge on any atom is -0.493 e. The van der Waals surface area contributed by atoms with Crippen molar-refractivity contribution in [3.05, 3.63) is 88.3 Å². The molecule has 158 valence electrons. The predicted molar refractivity (Wildman–Crippen MR) is 124 cm³/mol. The zero-order valence-corrected chi connectivity index (χ0v) is 18.3. The highest BCUT2D eigenvalue weighted by Crippen LogP contribution is 2.36. The molecule has 4 aromatic rings. The van der Waals surface area contributed by atoms with E-state index in [0.29, 0.717) is 29.7 Å². The Morgan fingerprint density at radius 1 is 0.903 bits per heavy atom. The number of hydrogen-bond donors (Lipinski definition) is 0. The van der Waals surface area contributed by atoms with E-state index in [1.54, 1.807) is 18.8 Å². The van der Waals surface area contributed by atoms with Crippen LogP contribution in [0.4, 0.5) is 0 Å². The normalized spacial score (nSPS) is 11.1. The maximum absolute atomic E-state index is 13.1. The fourth-order valence-electron chi connectivity index (χ4n) is 3.77. The summed E-state index contributed by atoms with van der Waals surface area (Å²) in [5, 5.41) is 0.838. The van der Waals surface area contributed by atoms with Crippen molar-refractivity contribution in [2.45, 2.75) is 26.3 Å². The maximum atomic E-state index is 13.1. The SMILES string of the molecule is COc1cc2c(-c3ccc(C(C)C)cc3)nc(=O)n(Cc3ccccc3)c2cc1OC. The molecule has 5 nitrogen and oxygen atoms in total. The third-order valence-corrected chi connectivity index (χ3v) is 5.52. The molecular formula is C26H26N2O3. The van der Waals surface area contributed by atoms with Crippen LogP contribution in [0, 0.1) is 0 Å². The van der Waals surface area contributed by atoms with Crippen molar-refractivity contribution in [3.8, 4) is 22.8 Å². The zero-order chi connectivity index (χ0) is 22.0. The molecular weight excluding hydrogens is 388 g/mol. The first-order chi connectivity index (χ1) is 15.0. The molecule has 0 saturated heterocycles. The molecule has 1 aromatic heterocycles. The third kappa shape index (κ3) is 4.04. The summed E-state index contributed by atoms with van der Waals surface area (Å²) in [6.07, 6.45) is 0. The summed E-state index contributed by atoms with van der Waals surface area (Å²) < 4.78 is 12.7. The van der Waals surface area contributed by atoms with E-state index in [0.717, 1.165) is 22.0 Å². The van der Waals surface area contributed by atoms with Crippen LogP contribution >= 0.6 is 0 Å². The molecule has 0 atom stereocenters. The molecule has 0 spiro atoms. The summed E-state index contributed by atoms with van der Waals surface area (Å²) in [5.41, 5.74) is 4.25. The summed E-state index contributed by atoms with van der Waals surface area (Å²) in [7, 11) is 3.20. The number of nitrogens with zero attached hydrogens (tertiary/aromatic N) is 2. The van der Waals surface area contributed by atoms with E-state index < -0.39 is 0 Å². The number of benzene rings is 3. The molecule has 0 bridgehead atoms. The van der Waals surface area contributed by atoms with Crippen molar-refractivity contribution < 1.29 is 9.47 Å². The molecule has 31 heavy (non-hydrogen) atoms. The van der Waals surface area contributed by atoms with E-state index in [-0.39, 0.29) is 5.69 Å². The monoisotopic (exact) mass is 414 g/mol. The Morgan fingerprint density at radius 3 is 2.16 bits per heavy atom. The lowest BCUT2D eigenvalue weighted by Crippen LogP contribution is -2.24. The summed E-state index contributed by atoms with van der Waals surface area (Å²) in [5.74, 6) is 1.60. The Bertz CT molecular complexity index is 1260. The fourth-order valence-corrected chi connectivity index (χ4v) is 3.77. The third-order valence-electron chi connectivity index (χ3n) is 5.52. The summed E-state index contributed by atoms with van der Waals surface area (Å²) in [4.78, 5) is 17.6. The van der Waals surface area contributed by atoms with Crippen molar-refractivity contribution >= 4 is 10.9 Å². The smallest absolute Gasteiger partial charge is 0.348 e. The van der Waals surface area contributed by atoms with Crippen LogP contribution in [0.15, 0.2) is 71.5 Å². The Balaban J connectivity index is 1.97. The maximum Gasteiger partial charge on any atom is 0.348 e. The second-order valence-corrected chi connectivity index (χ2v) is 7.82. The van der Waals surface area contributed by atoms with Gasteiger partial charge in [0, 0.05) is 17.0 Å². The Morgan fingerprint density at radius 2 is 1.55 bits per heavy atom. The van der Waals surface area contributed by atoms with E-state index in [4.69, 9.17) is 9.47 Å². The summed E-state index contributed by atoms with van der Waals surface area (Å²) in [6.45, 7) is 4.74. The lowest BCUT2D eigenvalue weighted by atomic mass is 9.99. The molecule has 4 rings (SSSR count). The van der Waals surface area contributed by atoms with E-state index in [1.807, 2.05) is 54.6 Å². The molecule has 5 heteroatoms. The van der Waals surface area contributed by atoms with Crippen molar-refractivity contribution in [1.82, 2.24) is 9.55 Å². The van der Waals surface area contributed by atoms with Gasteiger partial charge in [0.1, 0.15) is 0 Å². The Kier molecular flexibility index (Phi) is 5.76. The van der Waals surface area contributed by atoms with Crippen LogP contribution in [0.1, 0.15) is 30.9 Å². The second kappa shape index (κ2) is 8.64. The molecule has 0 fully saturated rings. The molecule has 0 N–H and O–H groups in total. The lowest BCUT2D eigenvalue weighted by Gasteiger charge is -2.16. The second-order valence-electron chi connectivity index (χ2n) is 7.82. The van der Waals surface area contributed by atoms with E-state index in [1.165, 1.54) is 5.56 Å². The van der Waals surface area contributed by atoms with Gasteiger partial charge in [0.05, 0.1) is 32.0 Å². The van der Waals surface area contributed by atoms with E-state index in [9.17, 15) is 4.79 Å². The molecule has 0 aliphatic carbocycles. The van der Waals surface area contributed by atoms with Crippen molar-refractivity contribution in [2.75, 3.05) is 14.2 Å². The van der Waals surface area contributed by atoms with Crippen LogP contribution in [0.2, 0.25) is 0 Å². The van der Waals surface area contributed by atoms with Crippen LogP contribution < -0.4 is 15.2 Å².